The zero-order valence-corrected chi connectivity index (χ0v) is 8.31. The molecule has 0 aliphatic carbocycles. The highest BCUT2D eigenvalue weighted by Gasteiger charge is 2.28. The Bertz CT molecular complexity index is 420. The van der Waals surface area contributed by atoms with E-state index in [-0.39, 0.29) is 0 Å². The number of carbonyl (C=O) groups excluding carboxylic acids is 1. The molecule has 1 amide bonds. The zero-order valence-electron chi connectivity index (χ0n) is 8.31. The first-order valence-corrected chi connectivity index (χ1v) is 4.31. The number of nitrogen functional groups attached to an aromatic ring is 1. The van der Waals surface area contributed by atoms with Gasteiger partial charge in [0.05, 0.1) is 5.56 Å². The second-order valence-corrected chi connectivity index (χ2v) is 2.96. The molecule has 0 fully saturated rings. The van der Waals surface area contributed by atoms with E-state index in [1.807, 2.05) is 5.43 Å². The van der Waals surface area contributed by atoms with Crippen molar-refractivity contribution in [1.82, 2.24) is 10.3 Å². The summed E-state index contributed by atoms with van der Waals surface area (Å²) in [5.74, 6) is 2.16. The van der Waals surface area contributed by atoms with Gasteiger partial charge in [-0.15, -0.1) is 0 Å². The molecule has 0 aromatic carbocycles. The number of nitrogens with zero attached hydrogens (tertiary/aromatic N) is 1. The third kappa shape index (κ3) is 3.55. The molecule has 1 aromatic heterocycles. The van der Waals surface area contributed by atoms with E-state index in [4.69, 9.17) is 5.84 Å². The first-order valence-electron chi connectivity index (χ1n) is 4.31. The highest BCUT2D eigenvalue weighted by Crippen LogP contribution is 2.15. The number of amides is 1. The minimum Gasteiger partial charge on any atom is -0.343 e. The van der Waals surface area contributed by atoms with Gasteiger partial charge < -0.3 is 10.7 Å². The van der Waals surface area contributed by atoms with E-state index in [1.54, 1.807) is 0 Å². The summed E-state index contributed by atoms with van der Waals surface area (Å²) in [7, 11) is 0. The van der Waals surface area contributed by atoms with Crippen LogP contribution in [0, 0.1) is 5.82 Å². The van der Waals surface area contributed by atoms with Crippen LogP contribution < -0.4 is 16.6 Å². The van der Waals surface area contributed by atoms with Crippen LogP contribution in [0.15, 0.2) is 12.3 Å². The molecule has 17 heavy (non-hydrogen) atoms. The number of halogens is 4. The molecule has 0 saturated heterocycles. The maximum atomic E-state index is 13.4. The Kier molecular flexibility index (Phi) is 3.84. The fourth-order valence-corrected chi connectivity index (χ4v) is 0.995. The van der Waals surface area contributed by atoms with Crippen molar-refractivity contribution in [1.29, 1.82) is 0 Å². The molecule has 1 rings (SSSR count). The number of rotatable bonds is 3. The van der Waals surface area contributed by atoms with Crippen molar-refractivity contribution in [3.05, 3.63) is 23.6 Å². The summed E-state index contributed by atoms with van der Waals surface area (Å²) in [5, 5.41) is 1.53. The summed E-state index contributed by atoms with van der Waals surface area (Å²) >= 11 is 0. The number of pyridine rings is 1. The van der Waals surface area contributed by atoms with Crippen LogP contribution in [0.4, 0.5) is 23.4 Å². The Labute approximate surface area is 93.0 Å². The van der Waals surface area contributed by atoms with Gasteiger partial charge in [-0.05, 0) is 6.07 Å². The van der Waals surface area contributed by atoms with Crippen molar-refractivity contribution >= 4 is 11.7 Å². The molecule has 0 spiro atoms. The lowest BCUT2D eigenvalue weighted by Gasteiger charge is -2.09. The Morgan fingerprint density at radius 1 is 1.47 bits per heavy atom. The molecule has 94 valence electrons. The minimum atomic E-state index is -4.56. The van der Waals surface area contributed by atoms with Crippen LogP contribution in [0.5, 0.6) is 0 Å². The molecule has 1 heterocycles. The van der Waals surface area contributed by atoms with Crippen molar-refractivity contribution in [2.75, 3.05) is 12.0 Å². The smallest absolute Gasteiger partial charge is 0.343 e. The summed E-state index contributed by atoms with van der Waals surface area (Å²) in [6.45, 7) is -1.54. The molecular weight excluding hydrogens is 244 g/mol. The van der Waals surface area contributed by atoms with Gasteiger partial charge in [0.25, 0.3) is 5.91 Å². The van der Waals surface area contributed by atoms with Gasteiger partial charge in [0.1, 0.15) is 6.54 Å². The lowest BCUT2D eigenvalue weighted by atomic mass is 10.2. The number of alkyl halides is 3. The van der Waals surface area contributed by atoms with Gasteiger partial charge in [-0.25, -0.2) is 15.2 Å². The SMILES string of the molecule is NNc1nccc(C(=O)NCC(F)(F)F)c1F. The predicted molar refractivity (Wildman–Crippen MR) is 50.4 cm³/mol. The molecule has 0 atom stereocenters. The van der Waals surface area contributed by atoms with Gasteiger partial charge in [-0.1, -0.05) is 0 Å². The Hall–Kier alpha value is -1.90. The number of carbonyl (C=O) groups is 1. The van der Waals surface area contributed by atoms with Crippen LogP contribution >= 0.6 is 0 Å². The van der Waals surface area contributed by atoms with Crippen molar-refractivity contribution in [2.24, 2.45) is 5.84 Å². The lowest BCUT2D eigenvalue weighted by Crippen LogP contribution is -2.34. The molecule has 5 nitrogen and oxygen atoms in total. The monoisotopic (exact) mass is 252 g/mol. The quantitative estimate of drug-likeness (QED) is 0.422. The first-order chi connectivity index (χ1) is 7.85. The van der Waals surface area contributed by atoms with Crippen molar-refractivity contribution in [3.8, 4) is 0 Å². The number of hydrogen-bond donors (Lipinski definition) is 3. The fraction of sp³-hybridized carbons (Fsp3) is 0.250. The van der Waals surface area contributed by atoms with Gasteiger partial charge in [0.15, 0.2) is 11.6 Å². The van der Waals surface area contributed by atoms with Crippen LogP contribution in [0.1, 0.15) is 10.4 Å². The van der Waals surface area contributed by atoms with E-state index < -0.39 is 35.8 Å². The van der Waals surface area contributed by atoms with Crippen LogP contribution in [-0.2, 0) is 0 Å². The van der Waals surface area contributed by atoms with E-state index in [9.17, 15) is 22.4 Å². The first kappa shape index (κ1) is 13.2. The third-order valence-corrected chi connectivity index (χ3v) is 1.72. The molecule has 4 N–H and O–H groups in total. The summed E-state index contributed by atoms with van der Waals surface area (Å²) < 4.78 is 48.9. The highest BCUT2D eigenvalue weighted by molar-refractivity contribution is 5.95. The molecule has 0 aliphatic heterocycles. The Morgan fingerprint density at radius 2 is 2.12 bits per heavy atom. The Balaban J connectivity index is 2.83. The second kappa shape index (κ2) is 4.95. The molecule has 0 radical (unpaired) electrons. The second-order valence-electron chi connectivity index (χ2n) is 2.96. The Morgan fingerprint density at radius 3 is 2.65 bits per heavy atom. The maximum absolute atomic E-state index is 13.4. The van der Waals surface area contributed by atoms with Gasteiger partial charge in [-0.2, -0.15) is 13.2 Å². The molecule has 0 bridgehead atoms. The van der Waals surface area contributed by atoms with Crippen molar-refractivity contribution < 1.29 is 22.4 Å². The molecule has 0 saturated carbocycles. The van der Waals surface area contributed by atoms with Crippen LogP contribution in [0.25, 0.3) is 0 Å². The normalized spacial score (nSPS) is 11.1. The number of hydrazine groups is 1. The van der Waals surface area contributed by atoms with E-state index >= 15 is 0 Å². The number of nitrogens with two attached hydrogens (primary N) is 1. The lowest BCUT2D eigenvalue weighted by molar-refractivity contribution is -0.123. The summed E-state index contributed by atoms with van der Waals surface area (Å²) in [4.78, 5) is 14.7. The summed E-state index contributed by atoms with van der Waals surface area (Å²) in [6.07, 6.45) is -3.52. The topological polar surface area (TPSA) is 80.0 Å². The number of anilines is 1. The number of hydrogen-bond acceptors (Lipinski definition) is 4. The largest absolute Gasteiger partial charge is 0.405 e. The van der Waals surface area contributed by atoms with Gasteiger partial charge in [-0.3, -0.25) is 4.79 Å². The summed E-state index contributed by atoms with van der Waals surface area (Å²) in [5.41, 5.74) is 1.30. The van der Waals surface area contributed by atoms with Crippen LogP contribution in [-0.4, -0.2) is 23.6 Å². The minimum absolute atomic E-state index is 0.426. The summed E-state index contributed by atoms with van der Waals surface area (Å²) in [6, 6.07) is 0.946. The zero-order chi connectivity index (χ0) is 13.1. The highest BCUT2D eigenvalue weighted by atomic mass is 19.4. The van der Waals surface area contributed by atoms with E-state index in [0.29, 0.717) is 0 Å². The average molecular weight is 252 g/mol. The van der Waals surface area contributed by atoms with Crippen LogP contribution in [0.3, 0.4) is 0 Å². The maximum Gasteiger partial charge on any atom is 0.405 e. The molecular formula is C8H8F4N4O. The predicted octanol–water partition coefficient (Wildman–Crippen LogP) is 0.798. The van der Waals surface area contributed by atoms with E-state index in [2.05, 4.69) is 4.98 Å². The molecule has 0 unspecified atom stereocenters. The van der Waals surface area contributed by atoms with Crippen molar-refractivity contribution in [3.63, 3.8) is 0 Å². The van der Waals surface area contributed by atoms with Gasteiger partial charge in [0, 0.05) is 6.20 Å². The standard InChI is InChI=1S/C8H8F4N4O/c9-5-4(1-2-14-6(5)16-13)7(17)15-3-8(10,11)12/h1-2H,3,13H2,(H,14,16)(H,15,17). The van der Waals surface area contributed by atoms with Gasteiger partial charge in [0.2, 0.25) is 0 Å². The molecule has 9 heteroatoms. The average Bonchev–Trinajstić information content (AvgIpc) is 2.25. The third-order valence-electron chi connectivity index (χ3n) is 1.72. The van der Waals surface area contributed by atoms with E-state index in [1.165, 1.54) is 5.32 Å². The molecule has 1 aromatic rings. The van der Waals surface area contributed by atoms with Gasteiger partial charge >= 0.3 is 6.18 Å². The van der Waals surface area contributed by atoms with Crippen LogP contribution in [0.2, 0.25) is 0 Å². The van der Waals surface area contributed by atoms with Crippen molar-refractivity contribution in [2.45, 2.75) is 6.18 Å². The fourth-order valence-electron chi connectivity index (χ4n) is 0.995. The number of nitrogens with one attached hydrogen (secondary N) is 2. The molecule has 0 aliphatic rings. The number of aromatic nitrogens is 1. The van der Waals surface area contributed by atoms with E-state index in [0.717, 1.165) is 12.3 Å².